The fraction of sp³-hybridized carbons (Fsp3) is 0.946. The van der Waals surface area contributed by atoms with Crippen LogP contribution in [0.15, 0.2) is 0 Å². The molecule has 0 aromatic rings. The summed E-state index contributed by atoms with van der Waals surface area (Å²) in [6, 6.07) is 0. The Bertz CT molecular complexity index is 464. The third-order valence-electron chi connectivity index (χ3n) is 12.2. The van der Waals surface area contributed by atoms with Crippen molar-refractivity contribution in [2.75, 3.05) is 0 Å². The van der Waals surface area contributed by atoms with Gasteiger partial charge in [-0.2, -0.15) is 5.66 Å². The largest absolute Gasteiger partial charge is 2.00 e. The molecule has 0 aliphatic heterocycles. The summed E-state index contributed by atoms with van der Waals surface area (Å²) in [6.45, 7) is 0. The molecule has 0 spiro atoms. The number of hydrogen-bond donors (Lipinski definition) is 0. The van der Waals surface area contributed by atoms with Crippen LogP contribution in [0.2, 0.25) is 0 Å². The zero-order valence-corrected chi connectivity index (χ0v) is 30.5. The van der Waals surface area contributed by atoms with E-state index < -0.39 is 0 Å². The first-order valence-electron chi connectivity index (χ1n) is 18.5. The van der Waals surface area contributed by atoms with Crippen molar-refractivity contribution in [1.29, 1.82) is 0 Å². The van der Waals surface area contributed by atoms with Gasteiger partial charge in [-0.3, -0.25) is 0 Å². The molecule has 6 fully saturated rings. The van der Waals surface area contributed by atoms with Gasteiger partial charge in [-0.15, -0.1) is 20.8 Å². The van der Waals surface area contributed by atoms with Crippen molar-refractivity contribution in [2.45, 2.75) is 221 Å². The Kier molecular flexibility index (Phi) is 18.5. The average molecular weight is 683 g/mol. The molecular formula is C37H70P2Pd+2. The fourth-order valence-electron chi connectivity index (χ4n) is 10.3. The molecule has 6 saturated carbocycles. The maximum Gasteiger partial charge on any atom is 2.00 e. The van der Waals surface area contributed by atoms with Crippen molar-refractivity contribution >= 4 is 15.8 Å². The van der Waals surface area contributed by atoms with Crippen LogP contribution in [0.5, 0.6) is 0 Å². The first-order chi connectivity index (χ1) is 18.9. The Morgan fingerprint density at radius 1 is 0.325 bits per heavy atom. The third-order valence-corrected chi connectivity index (χ3v) is 21.0. The Labute approximate surface area is 269 Å². The van der Waals surface area contributed by atoms with Gasteiger partial charge in [0.1, 0.15) is 0 Å². The molecule has 0 unspecified atom stereocenters. The number of rotatable bonds is 6. The molecule has 0 amide bonds. The fourth-order valence-corrected chi connectivity index (χ4v) is 20.4. The second-order valence-corrected chi connectivity index (χ2v) is 21.5. The monoisotopic (exact) mass is 682 g/mol. The van der Waals surface area contributed by atoms with Crippen LogP contribution in [-0.2, 0) is 20.4 Å². The summed E-state index contributed by atoms with van der Waals surface area (Å²) in [6.07, 6.45) is 47.2. The normalized spacial score (nSPS) is 27.4. The summed E-state index contributed by atoms with van der Waals surface area (Å²) < 4.78 is 0. The van der Waals surface area contributed by atoms with Gasteiger partial charge in [-0.05, 0) is 128 Å². The number of hydrogen-bond acceptors (Lipinski definition) is 0. The summed E-state index contributed by atoms with van der Waals surface area (Å²) >= 11 is 0. The van der Waals surface area contributed by atoms with Crippen LogP contribution >= 0.6 is 15.8 Å². The van der Waals surface area contributed by atoms with Crippen molar-refractivity contribution in [2.24, 2.45) is 0 Å². The molecule has 0 nitrogen and oxygen atoms in total. The zero-order chi connectivity index (χ0) is 25.8. The topological polar surface area (TPSA) is 0 Å². The molecule has 3 heteroatoms. The van der Waals surface area contributed by atoms with Crippen molar-refractivity contribution in [1.82, 2.24) is 0 Å². The van der Waals surface area contributed by atoms with Gasteiger partial charge in [0.2, 0.25) is 0 Å². The summed E-state index contributed by atoms with van der Waals surface area (Å²) in [4.78, 5) is 0. The summed E-state index contributed by atoms with van der Waals surface area (Å²) in [5.41, 5.74) is 8.19. The molecule has 0 heterocycles. The van der Waals surface area contributed by atoms with Crippen LogP contribution in [0.4, 0.5) is 0 Å². The van der Waals surface area contributed by atoms with Gasteiger partial charge in [-0.1, -0.05) is 51.4 Å². The van der Waals surface area contributed by atoms with Crippen LogP contribution in [0.25, 0.3) is 0 Å². The van der Waals surface area contributed by atoms with E-state index in [2.05, 4.69) is 5.66 Å². The molecule has 0 bridgehead atoms. The minimum absolute atomic E-state index is 0. The molecule has 0 atom stereocenters. The molecule has 0 radical (unpaired) electrons. The predicted octanol–water partition coefficient (Wildman–Crippen LogP) is 13.0. The van der Waals surface area contributed by atoms with E-state index in [-0.39, 0.29) is 43.7 Å². The van der Waals surface area contributed by atoms with E-state index in [1.54, 1.807) is 161 Å². The molecule has 236 valence electrons. The first kappa shape index (κ1) is 36.0. The molecule has 0 saturated heterocycles. The van der Waals surface area contributed by atoms with E-state index in [4.69, 9.17) is 0 Å². The maximum absolute atomic E-state index is 2.13. The summed E-state index contributed by atoms with van der Waals surface area (Å²) in [5, 5.41) is 0. The molecule has 40 heavy (non-hydrogen) atoms. The molecule has 0 aromatic heterocycles. The minimum atomic E-state index is -0.130. The second-order valence-electron chi connectivity index (χ2n) is 14.8. The SMILES string of the molecule is C1CCC([PH+](C2CCCCC2)C2CCCCC2)CC1.C1CC[C-]([PH+](C2CCCCC2)C2CCCCC2)CC1.[CH3-].[Pd+2]. The summed E-state index contributed by atoms with van der Waals surface area (Å²) in [7, 11) is -0.176. The van der Waals surface area contributed by atoms with Crippen molar-refractivity contribution < 1.29 is 20.4 Å². The van der Waals surface area contributed by atoms with E-state index in [1.165, 1.54) is 60.4 Å². The summed E-state index contributed by atoms with van der Waals surface area (Å²) in [5.74, 6) is 0. The van der Waals surface area contributed by atoms with E-state index in [9.17, 15) is 0 Å². The average Bonchev–Trinajstić information content (AvgIpc) is 3.01. The Morgan fingerprint density at radius 2 is 0.575 bits per heavy atom. The zero-order valence-electron chi connectivity index (χ0n) is 26.9. The van der Waals surface area contributed by atoms with Gasteiger partial charge in [-0.25, -0.2) is 0 Å². The van der Waals surface area contributed by atoms with Gasteiger partial charge in [0.25, 0.3) is 0 Å². The maximum atomic E-state index is 2.13. The van der Waals surface area contributed by atoms with Crippen molar-refractivity contribution in [3.05, 3.63) is 13.1 Å². The van der Waals surface area contributed by atoms with Crippen LogP contribution in [-0.4, -0.2) is 28.3 Å². The third kappa shape index (κ3) is 10.8. The predicted molar refractivity (Wildman–Crippen MR) is 184 cm³/mol. The molecule has 0 N–H and O–H groups in total. The molecule has 6 rings (SSSR count). The van der Waals surface area contributed by atoms with E-state index in [0.717, 1.165) is 0 Å². The van der Waals surface area contributed by atoms with Crippen LogP contribution in [0.1, 0.15) is 193 Å². The first-order valence-corrected chi connectivity index (χ1v) is 21.9. The van der Waals surface area contributed by atoms with Gasteiger partial charge in [0.15, 0.2) is 0 Å². The van der Waals surface area contributed by atoms with Gasteiger partial charge in [0, 0.05) is 19.2 Å². The molecule has 6 aliphatic carbocycles. The van der Waals surface area contributed by atoms with Crippen molar-refractivity contribution in [3.63, 3.8) is 0 Å². The van der Waals surface area contributed by atoms with E-state index >= 15 is 0 Å². The standard InChI is InChI=1S/2C18H33P.CH3.Pd/c2*1-4-10-16(11-5-1)19(17-12-6-2-7-13-17)18-14-8-3-9-15-18;;/h16-17,19H,1-15H2;16-18H,1-15H2;1H3;/q;;-1;+2/p+1. The Morgan fingerprint density at radius 3 is 0.875 bits per heavy atom. The minimum Gasteiger partial charge on any atom is -0.358 e. The quantitative estimate of drug-likeness (QED) is 0.149. The van der Waals surface area contributed by atoms with Crippen molar-refractivity contribution in [3.8, 4) is 0 Å². The van der Waals surface area contributed by atoms with E-state index in [0.29, 0.717) is 0 Å². The molecule has 6 aliphatic rings. The molecule has 0 aromatic carbocycles. The van der Waals surface area contributed by atoms with E-state index in [1.807, 2.05) is 0 Å². The Hall–Kier alpha value is 1.52. The van der Waals surface area contributed by atoms with Gasteiger partial charge < -0.3 is 7.43 Å². The van der Waals surface area contributed by atoms with Crippen LogP contribution in [0.3, 0.4) is 0 Å². The van der Waals surface area contributed by atoms with Crippen LogP contribution in [0, 0.1) is 13.1 Å². The smallest absolute Gasteiger partial charge is 0.358 e. The van der Waals surface area contributed by atoms with Gasteiger partial charge >= 0.3 is 20.4 Å². The van der Waals surface area contributed by atoms with Crippen LogP contribution < -0.4 is 0 Å². The Balaban J connectivity index is 0.000000210. The molecular weight excluding hydrogens is 613 g/mol. The second kappa shape index (κ2) is 20.5. The van der Waals surface area contributed by atoms with Gasteiger partial charge in [0.05, 0.1) is 17.0 Å².